The topological polar surface area (TPSA) is 72.8 Å². The molecule has 0 unspecified atom stereocenters. The molecule has 7 heteroatoms. The van der Waals surface area contributed by atoms with Crippen LogP contribution in [0.15, 0.2) is 54.4 Å². The number of aromatic nitrogens is 1. The van der Waals surface area contributed by atoms with E-state index in [9.17, 15) is 9.59 Å². The molecule has 0 aliphatic carbocycles. The lowest BCUT2D eigenvalue weighted by Gasteiger charge is -2.27. The van der Waals surface area contributed by atoms with Gasteiger partial charge in [-0.05, 0) is 49.1 Å². The zero-order chi connectivity index (χ0) is 27.1. The zero-order valence-electron chi connectivity index (χ0n) is 23.0. The number of ether oxygens (including phenoxy) is 2. The first-order valence-corrected chi connectivity index (χ1v) is 12.8. The lowest BCUT2D eigenvalue weighted by molar-refractivity contribution is -0.128. The molecule has 0 fully saturated rings. The predicted octanol–water partition coefficient (Wildman–Crippen LogP) is 5.59. The van der Waals surface area contributed by atoms with Gasteiger partial charge in [-0.3, -0.25) is 9.59 Å². The molecule has 198 valence electrons. The fourth-order valence-corrected chi connectivity index (χ4v) is 4.42. The molecular formula is C30H39N3O4. The Kier molecular flexibility index (Phi) is 9.39. The second kappa shape index (κ2) is 12.5. The van der Waals surface area contributed by atoms with E-state index in [0.29, 0.717) is 30.2 Å². The van der Waals surface area contributed by atoms with Gasteiger partial charge in [-0.25, -0.2) is 0 Å². The number of benzene rings is 2. The number of hydrogen-bond acceptors (Lipinski definition) is 4. The van der Waals surface area contributed by atoms with Crippen LogP contribution >= 0.6 is 0 Å². The number of carbonyl (C=O) groups is 2. The van der Waals surface area contributed by atoms with Crippen LogP contribution in [0.3, 0.4) is 0 Å². The van der Waals surface area contributed by atoms with Crippen molar-refractivity contribution in [3.05, 3.63) is 65.5 Å². The Balaban J connectivity index is 2.08. The quantitative estimate of drug-likeness (QED) is 0.345. The summed E-state index contributed by atoms with van der Waals surface area (Å²) in [6, 6.07) is 13.0. The highest BCUT2D eigenvalue weighted by molar-refractivity contribution is 6.06. The van der Waals surface area contributed by atoms with Crippen molar-refractivity contribution in [3.63, 3.8) is 0 Å². The second-order valence-corrected chi connectivity index (χ2v) is 9.97. The molecule has 1 aromatic heterocycles. The van der Waals surface area contributed by atoms with Crippen molar-refractivity contribution in [2.75, 3.05) is 27.3 Å². The third-order valence-corrected chi connectivity index (χ3v) is 6.04. The van der Waals surface area contributed by atoms with Gasteiger partial charge in [0.25, 0.3) is 11.8 Å². The third kappa shape index (κ3) is 6.73. The number of hydrogen-bond donors (Lipinski definition) is 1. The Morgan fingerprint density at radius 2 is 1.62 bits per heavy atom. The fourth-order valence-electron chi connectivity index (χ4n) is 4.42. The van der Waals surface area contributed by atoms with Gasteiger partial charge < -0.3 is 24.3 Å². The van der Waals surface area contributed by atoms with Gasteiger partial charge in [-0.2, -0.15) is 0 Å². The largest absolute Gasteiger partial charge is 0.493 e. The van der Waals surface area contributed by atoms with E-state index in [-0.39, 0.29) is 23.4 Å². The molecule has 2 amide bonds. The van der Waals surface area contributed by atoms with Crippen LogP contribution < -0.4 is 14.8 Å². The minimum absolute atomic E-state index is 0.204. The molecule has 3 aromatic rings. The molecule has 0 radical (unpaired) electrons. The van der Waals surface area contributed by atoms with Crippen LogP contribution in [0.1, 0.15) is 50.5 Å². The summed E-state index contributed by atoms with van der Waals surface area (Å²) in [4.78, 5) is 29.1. The molecule has 0 atom stereocenters. The average molecular weight is 506 g/mol. The van der Waals surface area contributed by atoms with Crippen LogP contribution in [0.25, 0.3) is 17.0 Å². The SMILES string of the molecule is CCn1cc(/C=C(\NC(=O)c2ccc(OC)c(OC)c2)C(=O)N(CC(C)C)CC(C)C)c2ccccc21. The van der Waals surface area contributed by atoms with Crippen molar-refractivity contribution in [3.8, 4) is 11.5 Å². The Hall–Kier alpha value is -3.74. The minimum Gasteiger partial charge on any atom is -0.493 e. The minimum atomic E-state index is -0.395. The van der Waals surface area contributed by atoms with Gasteiger partial charge in [0.2, 0.25) is 0 Å². The van der Waals surface area contributed by atoms with E-state index in [4.69, 9.17) is 9.47 Å². The number of amides is 2. The maximum Gasteiger partial charge on any atom is 0.270 e. The van der Waals surface area contributed by atoms with Crippen molar-refractivity contribution in [1.29, 1.82) is 0 Å². The lowest BCUT2D eigenvalue weighted by Crippen LogP contribution is -2.42. The number of carbonyl (C=O) groups excluding carboxylic acids is 2. The van der Waals surface area contributed by atoms with Crippen molar-refractivity contribution < 1.29 is 19.1 Å². The van der Waals surface area contributed by atoms with E-state index < -0.39 is 5.91 Å². The number of nitrogens with zero attached hydrogens (tertiary/aromatic N) is 2. The van der Waals surface area contributed by atoms with Crippen LogP contribution in [-0.2, 0) is 11.3 Å². The molecule has 7 nitrogen and oxygen atoms in total. The van der Waals surface area contributed by atoms with Gasteiger partial charge in [0.15, 0.2) is 11.5 Å². The van der Waals surface area contributed by atoms with Crippen LogP contribution in [0.2, 0.25) is 0 Å². The summed E-state index contributed by atoms with van der Waals surface area (Å²) in [6.45, 7) is 12.4. The summed E-state index contributed by atoms with van der Waals surface area (Å²) in [5.41, 5.74) is 2.56. The highest BCUT2D eigenvalue weighted by atomic mass is 16.5. The maximum atomic E-state index is 13.9. The van der Waals surface area contributed by atoms with Gasteiger partial charge in [0.05, 0.1) is 14.2 Å². The molecule has 1 N–H and O–H groups in total. The fraction of sp³-hybridized carbons (Fsp3) is 0.400. The van der Waals surface area contributed by atoms with Crippen LogP contribution in [0.5, 0.6) is 11.5 Å². The van der Waals surface area contributed by atoms with Crippen LogP contribution in [0.4, 0.5) is 0 Å². The summed E-state index contributed by atoms with van der Waals surface area (Å²) < 4.78 is 12.8. The van der Waals surface area contributed by atoms with E-state index in [0.717, 1.165) is 23.0 Å². The number of nitrogens with one attached hydrogen (secondary N) is 1. The lowest BCUT2D eigenvalue weighted by atomic mass is 10.1. The molecule has 0 bridgehead atoms. The maximum absolute atomic E-state index is 13.9. The number of rotatable bonds is 11. The molecule has 3 rings (SSSR count). The number of fused-ring (bicyclic) bond motifs is 1. The van der Waals surface area contributed by atoms with Gasteiger partial charge in [-0.1, -0.05) is 45.9 Å². The predicted molar refractivity (Wildman–Crippen MR) is 149 cm³/mol. The number of methoxy groups -OCH3 is 2. The zero-order valence-corrected chi connectivity index (χ0v) is 23.0. The van der Waals surface area contributed by atoms with Crippen molar-refractivity contribution in [1.82, 2.24) is 14.8 Å². The van der Waals surface area contributed by atoms with E-state index in [1.807, 2.05) is 29.3 Å². The second-order valence-electron chi connectivity index (χ2n) is 9.97. The van der Waals surface area contributed by atoms with Gasteiger partial charge >= 0.3 is 0 Å². The molecule has 1 heterocycles. The molecule has 0 aliphatic rings. The normalized spacial score (nSPS) is 11.8. The first-order valence-electron chi connectivity index (χ1n) is 12.8. The monoisotopic (exact) mass is 505 g/mol. The Morgan fingerprint density at radius 3 is 2.22 bits per heavy atom. The Morgan fingerprint density at radius 1 is 0.973 bits per heavy atom. The summed E-state index contributed by atoms with van der Waals surface area (Å²) >= 11 is 0. The molecule has 0 saturated carbocycles. The Labute approximate surface area is 220 Å². The first kappa shape index (κ1) is 27.8. The average Bonchev–Trinajstić information content (AvgIpc) is 3.23. The third-order valence-electron chi connectivity index (χ3n) is 6.04. The van der Waals surface area contributed by atoms with Crippen molar-refractivity contribution in [2.45, 2.75) is 41.2 Å². The first-order chi connectivity index (χ1) is 17.7. The molecule has 2 aromatic carbocycles. The van der Waals surface area contributed by atoms with Crippen LogP contribution in [-0.4, -0.2) is 48.6 Å². The molecular weight excluding hydrogens is 466 g/mol. The summed E-state index contributed by atoms with van der Waals surface area (Å²) in [6.07, 6.45) is 3.82. The summed E-state index contributed by atoms with van der Waals surface area (Å²) in [5, 5.41) is 3.94. The van der Waals surface area contributed by atoms with Crippen molar-refractivity contribution >= 4 is 28.8 Å². The standard InChI is InChI=1S/C30H39N3O4/c1-8-32-19-23(24-11-9-10-12-26(24)32)15-25(30(35)33(17-20(2)3)18-21(4)5)31-29(34)22-13-14-27(36-6)28(16-22)37-7/h9-16,19-21H,8,17-18H2,1-7H3,(H,31,34)/b25-15-. The van der Waals surface area contributed by atoms with Gasteiger partial charge in [0.1, 0.15) is 5.70 Å². The smallest absolute Gasteiger partial charge is 0.270 e. The van der Waals surface area contributed by atoms with E-state index in [1.54, 1.807) is 31.4 Å². The molecule has 0 spiro atoms. The molecule has 0 aliphatic heterocycles. The highest BCUT2D eigenvalue weighted by Gasteiger charge is 2.23. The van der Waals surface area contributed by atoms with E-state index in [1.165, 1.54) is 7.11 Å². The van der Waals surface area contributed by atoms with Gasteiger partial charge in [0, 0.05) is 47.9 Å². The van der Waals surface area contributed by atoms with Crippen LogP contribution in [0, 0.1) is 11.8 Å². The van der Waals surface area contributed by atoms with Gasteiger partial charge in [-0.15, -0.1) is 0 Å². The molecule has 0 saturated heterocycles. The van der Waals surface area contributed by atoms with Crippen molar-refractivity contribution in [2.24, 2.45) is 11.8 Å². The molecule has 37 heavy (non-hydrogen) atoms. The number of para-hydroxylation sites is 1. The Bertz CT molecular complexity index is 1260. The highest BCUT2D eigenvalue weighted by Crippen LogP contribution is 2.28. The number of aryl methyl sites for hydroxylation is 1. The van der Waals surface area contributed by atoms with E-state index in [2.05, 4.69) is 50.6 Å². The summed E-state index contributed by atoms with van der Waals surface area (Å²) in [5.74, 6) is 0.941. The van der Waals surface area contributed by atoms with E-state index >= 15 is 0 Å². The summed E-state index contributed by atoms with van der Waals surface area (Å²) in [7, 11) is 3.06.